The molecular formula is C22H28OSi. The van der Waals surface area contributed by atoms with Crippen LogP contribution in [0.25, 0.3) is 0 Å². The van der Waals surface area contributed by atoms with E-state index in [0.717, 1.165) is 12.0 Å². The van der Waals surface area contributed by atoms with Crippen LogP contribution in [-0.2, 0) is 4.43 Å². The molecule has 2 aromatic carbocycles. The summed E-state index contributed by atoms with van der Waals surface area (Å²) in [7, 11) is -2.39. The summed E-state index contributed by atoms with van der Waals surface area (Å²) < 4.78 is 6.79. The van der Waals surface area contributed by atoms with E-state index >= 15 is 0 Å². The quantitative estimate of drug-likeness (QED) is 0.549. The molecule has 0 aliphatic heterocycles. The van der Waals surface area contributed by atoms with Crippen LogP contribution < -0.4 is 10.4 Å². The Balaban J connectivity index is 2.55. The highest BCUT2D eigenvalue weighted by Crippen LogP contribution is 2.36. The maximum Gasteiger partial charge on any atom is 0.261 e. The second-order valence-electron chi connectivity index (χ2n) is 7.22. The molecule has 0 fully saturated rings. The minimum Gasteiger partial charge on any atom is -0.407 e. The first-order valence-electron chi connectivity index (χ1n) is 8.52. The van der Waals surface area contributed by atoms with Crippen LogP contribution in [0.3, 0.4) is 0 Å². The Bertz CT molecular complexity index is 652. The molecule has 0 saturated carbocycles. The van der Waals surface area contributed by atoms with Gasteiger partial charge in [-0.3, -0.25) is 0 Å². The van der Waals surface area contributed by atoms with Crippen LogP contribution in [0.4, 0.5) is 0 Å². The third-order valence-corrected chi connectivity index (χ3v) is 9.56. The third-order valence-electron chi connectivity index (χ3n) is 4.51. The Hall–Kier alpha value is -1.86. The molecule has 0 spiro atoms. The predicted molar refractivity (Wildman–Crippen MR) is 107 cm³/mol. The topological polar surface area (TPSA) is 9.23 Å². The van der Waals surface area contributed by atoms with Crippen molar-refractivity contribution in [1.82, 2.24) is 0 Å². The molecule has 0 aliphatic carbocycles. The summed E-state index contributed by atoms with van der Waals surface area (Å²) in [5.41, 5.74) is 4.12. The second kappa shape index (κ2) is 7.81. The fraction of sp³-hybridized carbons (Fsp3) is 0.318. The van der Waals surface area contributed by atoms with Gasteiger partial charge >= 0.3 is 0 Å². The van der Waals surface area contributed by atoms with Gasteiger partial charge in [0.1, 0.15) is 0 Å². The average Bonchev–Trinajstić information content (AvgIpc) is 2.59. The van der Waals surface area contributed by atoms with Crippen LogP contribution in [0, 0.1) is 0 Å². The van der Waals surface area contributed by atoms with Crippen molar-refractivity contribution >= 4 is 18.7 Å². The van der Waals surface area contributed by atoms with E-state index in [0.29, 0.717) is 6.61 Å². The maximum atomic E-state index is 6.79. The molecule has 0 aliphatic rings. The molecule has 0 radical (unpaired) electrons. The lowest BCUT2D eigenvalue weighted by atomic mass is 10.2. The Kier molecular flexibility index (Phi) is 6.01. The molecule has 0 bridgehead atoms. The molecule has 0 atom stereocenters. The van der Waals surface area contributed by atoms with Gasteiger partial charge < -0.3 is 4.43 Å². The van der Waals surface area contributed by atoms with Crippen LogP contribution in [0.1, 0.15) is 34.1 Å². The second-order valence-corrected chi connectivity index (χ2v) is 11.5. The van der Waals surface area contributed by atoms with Crippen LogP contribution in [0.2, 0.25) is 5.04 Å². The molecule has 0 saturated heterocycles. The fourth-order valence-corrected chi connectivity index (χ4v) is 7.77. The molecule has 0 aromatic heterocycles. The molecule has 2 aromatic rings. The summed E-state index contributed by atoms with van der Waals surface area (Å²) in [5.74, 6) is 0. The lowest BCUT2D eigenvalue weighted by Gasteiger charge is -2.43. The van der Waals surface area contributed by atoms with Crippen molar-refractivity contribution < 1.29 is 4.43 Å². The van der Waals surface area contributed by atoms with Gasteiger partial charge in [-0.2, -0.15) is 0 Å². The van der Waals surface area contributed by atoms with E-state index in [1.807, 2.05) is 0 Å². The van der Waals surface area contributed by atoms with E-state index in [4.69, 9.17) is 4.43 Å². The maximum absolute atomic E-state index is 6.79. The Labute approximate surface area is 147 Å². The molecule has 0 amide bonds. The van der Waals surface area contributed by atoms with Gasteiger partial charge in [0.25, 0.3) is 8.32 Å². The van der Waals surface area contributed by atoms with Gasteiger partial charge in [-0.1, -0.05) is 88.0 Å². The molecule has 0 heterocycles. The van der Waals surface area contributed by atoms with Crippen molar-refractivity contribution in [3.63, 3.8) is 0 Å². The first-order valence-corrected chi connectivity index (χ1v) is 10.4. The van der Waals surface area contributed by atoms with Gasteiger partial charge in [0.15, 0.2) is 0 Å². The van der Waals surface area contributed by atoms with Gasteiger partial charge in [0, 0.05) is 6.61 Å². The standard InChI is InChI=1S/C22H28OSi/c1-6-19(2)17-18-23-24(22(3,4)5,20-13-9-7-10-14-20)21-15-11-8-12-16-21/h7-16H,1,17-18H2,2-5H3. The van der Waals surface area contributed by atoms with E-state index < -0.39 is 8.32 Å². The number of rotatable bonds is 6. The van der Waals surface area contributed by atoms with E-state index in [1.54, 1.807) is 0 Å². The third kappa shape index (κ3) is 3.79. The molecule has 0 N–H and O–H groups in total. The number of hydrogen-bond acceptors (Lipinski definition) is 1. The highest BCUT2D eigenvalue weighted by atomic mass is 28.4. The molecule has 1 nitrogen and oxygen atoms in total. The van der Waals surface area contributed by atoms with Crippen molar-refractivity contribution in [3.05, 3.63) is 78.5 Å². The first kappa shape index (κ1) is 18.5. The van der Waals surface area contributed by atoms with Gasteiger partial charge in [0.05, 0.1) is 0 Å². The first-order chi connectivity index (χ1) is 11.4. The van der Waals surface area contributed by atoms with Gasteiger partial charge in [0.2, 0.25) is 0 Å². The van der Waals surface area contributed by atoms with Gasteiger partial charge in [-0.25, -0.2) is 0 Å². The molecule has 2 heteroatoms. The summed E-state index contributed by atoms with van der Waals surface area (Å²) >= 11 is 0. The minimum atomic E-state index is -2.39. The molecule has 126 valence electrons. The summed E-state index contributed by atoms with van der Waals surface area (Å²) in [6, 6.07) is 21.5. The smallest absolute Gasteiger partial charge is 0.261 e. The average molecular weight is 337 g/mol. The van der Waals surface area contributed by atoms with Crippen LogP contribution in [0.15, 0.2) is 78.5 Å². The summed E-state index contributed by atoms with van der Waals surface area (Å²) in [4.78, 5) is 0. The molecule has 2 rings (SSSR count). The Morgan fingerprint density at radius 3 is 1.79 bits per heavy atom. The highest BCUT2D eigenvalue weighted by molar-refractivity contribution is 6.99. The van der Waals surface area contributed by atoms with Crippen molar-refractivity contribution in [2.45, 2.75) is 39.2 Å². The lowest BCUT2D eigenvalue weighted by Crippen LogP contribution is -2.66. The van der Waals surface area contributed by atoms with Gasteiger partial charge in [-0.15, -0.1) is 5.73 Å². The zero-order valence-corrected chi connectivity index (χ0v) is 16.3. The van der Waals surface area contributed by atoms with Crippen LogP contribution >= 0.6 is 0 Å². The van der Waals surface area contributed by atoms with Crippen LogP contribution in [0.5, 0.6) is 0 Å². The van der Waals surface area contributed by atoms with E-state index in [9.17, 15) is 0 Å². The molecule has 0 unspecified atom stereocenters. The summed E-state index contributed by atoms with van der Waals surface area (Å²) in [6.07, 6.45) is 0.869. The Morgan fingerprint density at radius 2 is 1.42 bits per heavy atom. The van der Waals surface area contributed by atoms with Crippen LogP contribution in [-0.4, -0.2) is 14.9 Å². The van der Waals surface area contributed by atoms with E-state index in [2.05, 4.69) is 101 Å². The van der Waals surface area contributed by atoms with Crippen molar-refractivity contribution in [2.24, 2.45) is 0 Å². The van der Waals surface area contributed by atoms with Crippen molar-refractivity contribution in [3.8, 4) is 0 Å². The van der Waals surface area contributed by atoms with Crippen molar-refractivity contribution in [2.75, 3.05) is 6.61 Å². The fourth-order valence-electron chi connectivity index (χ4n) is 3.21. The van der Waals surface area contributed by atoms with Gasteiger partial charge in [-0.05, 0) is 34.3 Å². The number of benzene rings is 2. The predicted octanol–water partition coefficient (Wildman–Crippen LogP) is 4.68. The number of hydrogen-bond donors (Lipinski definition) is 0. The van der Waals surface area contributed by atoms with E-state index in [1.165, 1.54) is 10.4 Å². The SMILES string of the molecule is C=C=C(C)CCO[Si](c1ccccc1)(c1ccccc1)C(C)(C)C. The zero-order chi connectivity index (χ0) is 17.6. The minimum absolute atomic E-state index is 0.0293. The molecule has 24 heavy (non-hydrogen) atoms. The monoisotopic (exact) mass is 336 g/mol. The normalized spacial score (nSPS) is 11.8. The highest BCUT2D eigenvalue weighted by Gasteiger charge is 2.49. The zero-order valence-electron chi connectivity index (χ0n) is 15.3. The summed E-state index contributed by atoms with van der Waals surface area (Å²) in [6.45, 7) is 13.4. The lowest BCUT2D eigenvalue weighted by molar-refractivity contribution is 0.301. The largest absolute Gasteiger partial charge is 0.407 e. The Morgan fingerprint density at radius 1 is 0.958 bits per heavy atom. The van der Waals surface area contributed by atoms with Crippen molar-refractivity contribution in [1.29, 1.82) is 0 Å². The molecular weight excluding hydrogens is 308 g/mol. The van der Waals surface area contributed by atoms with E-state index in [-0.39, 0.29) is 5.04 Å². The summed E-state index contributed by atoms with van der Waals surface area (Å²) in [5, 5.41) is 2.68.